The van der Waals surface area contributed by atoms with Crippen LogP contribution in [0.25, 0.3) is 0 Å². The minimum atomic E-state index is 0. The summed E-state index contributed by atoms with van der Waals surface area (Å²) in [5.74, 6) is 1.60. The monoisotopic (exact) mass is 411 g/mol. The van der Waals surface area contributed by atoms with E-state index < -0.39 is 0 Å². The van der Waals surface area contributed by atoms with Crippen LogP contribution in [0.4, 0.5) is 0 Å². The molecule has 4 nitrogen and oxygen atoms in total. The molecule has 0 atom stereocenters. The first-order valence-electron chi connectivity index (χ1n) is 8.13. The molecule has 1 aliphatic rings. The van der Waals surface area contributed by atoms with Crippen LogP contribution >= 0.6 is 24.0 Å². The largest absolute Gasteiger partial charge is 0.385 e. The van der Waals surface area contributed by atoms with Crippen molar-refractivity contribution in [1.29, 1.82) is 0 Å². The van der Waals surface area contributed by atoms with Crippen molar-refractivity contribution in [1.82, 2.24) is 10.6 Å². The fraction of sp³-hybridized carbons (Fsp3) is 0.938. The molecule has 0 unspecified atom stereocenters. The highest BCUT2D eigenvalue weighted by atomic mass is 127. The fourth-order valence-electron chi connectivity index (χ4n) is 2.82. The number of rotatable bonds is 8. The molecule has 5 heteroatoms. The molecule has 2 N–H and O–H groups in total. The van der Waals surface area contributed by atoms with Gasteiger partial charge in [-0.1, -0.05) is 26.7 Å². The number of hydrogen-bond donors (Lipinski definition) is 2. The van der Waals surface area contributed by atoms with Crippen molar-refractivity contribution in [3.63, 3.8) is 0 Å². The molecule has 1 aliphatic carbocycles. The van der Waals surface area contributed by atoms with E-state index in [9.17, 15) is 0 Å². The molecule has 0 heterocycles. The van der Waals surface area contributed by atoms with Crippen LogP contribution in [-0.4, -0.2) is 39.3 Å². The van der Waals surface area contributed by atoms with E-state index in [1.165, 1.54) is 25.7 Å². The van der Waals surface area contributed by atoms with Gasteiger partial charge in [0.25, 0.3) is 0 Å². The van der Waals surface area contributed by atoms with Gasteiger partial charge >= 0.3 is 0 Å². The van der Waals surface area contributed by atoms with E-state index in [0.717, 1.165) is 38.6 Å². The number of ether oxygens (including phenoxy) is 1. The summed E-state index contributed by atoms with van der Waals surface area (Å²) in [6.07, 6.45) is 6.41. The van der Waals surface area contributed by atoms with Crippen LogP contribution in [0.5, 0.6) is 0 Å². The molecule has 0 amide bonds. The third kappa shape index (κ3) is 8.24. The molecular formula is C16H34IN3O. The Kier molecular flexibility index (Phi) is 11.5. The maximum Gasteiger partial charge on any atom is 0.191 e. The molecule has 1 rings (SSSR count). The molecular weight excluding hydrogens is 377 g/mol. The van der Waals surface area contributed by atoms with Gasteiger partial charge in [0.1, 0.15) is 0 Å². The Morgan fingerprint density at radius 1 is 1.24 bits per heavy atom. The van der Waals surface area contributed by atoms with Crippen molar-refractivity contribution in [2.75, 3.05) is 33.4 Å². The predicted octanol–water partition coefficient (Wildman–Crippen LogP) is 3.41. The molecule has 0 aliphatic heterocycles. The lowest BCUT2D eigenvalue weighted by molar-refractivity contribution is 0.141. The standard InChI is InChI=1S/C16H33N3O.HI/c1-5-17-15(18-12-14(2)3)19-13-16(10-11-20-4)8-6-7-9-16;/h14H,5-13H2,1-4H3,(H2,17,18,19);1H. The van der Waals surface area contributed by atoms with Crippen molar-refractivity contribution in [2.24, 2.45) is 16.3 Å². The Labute approximate surface area is 147 Å². The minimum absolute atomic E-state index is 0. The zero-order valence-corrected chi connectivity index (χ0v) is 16.5. The van der Waals surface area contributed by atoms with Gasteiger partial charge < -0.3 is 15.4 Å². The molecule has 0 aromatic heterocycles. The second kappa shape index (κ2) is 11.5. The van der Waals surface area contributed by atoms with Crippen molar-refractivity contribution in [3.05, 3.63) is 0 Å². The number of hydrogen-bond acceptors (Lipinski definition) is 2. The van der Waals surface area contributed by atoms with Crippen LogP contribution in [0, 0.1) is 11.3 Å². The predicted molar refractivity (Wildman–Crippen MR) is 102 cm³/mol. The van der Waals surface area contributed by atoms with Crippen molar-refractivity contribution in [2.45, 2.75) is 52.9 Å². The van der Waals surface area contributed by atoms with E-state index in [4.69, 9.17) is 9.73 Å². The van der Waals surface area contributed by atoms with Crippen LogP contribution in [0.1, 0.15) is 52.9 Å². The molecule has 1 fully saturated rings. The zero-order valence-electron chi connectivity index (χ0n) is 14.2. The van der Waals surface area contributed by atoms with Crippen molar-refractivity contribution >= 4 is 29.9 Å². The van der Waals surface area contributed by atoms with E-state index in [1.807, 2.05) is 0 Å². The Bertz CT molecular complexity index is 289. The van der Waals surface area contributed by atoms with E-state index >= 15 is 0 Å². The van der Waals surface area contributed by atoms with E-state index in [2.05, 4.69) is 31.4 Å². The summed E-state index contributed by atoms with van der Waals surface area (Å²) in [5.41, 5.74) is 0.371. The Hall–Kier alpha value is -0.0400. The SMILES string of the molecule is CCNC(=NCC1(CCOC)CCCC1)NCC(C)C.I. The minimum Gasteiger partial charge on any atom is -0.385 e. The van der Waals surface area contributed by atoms with Crippen molar-refractivity contribution in [3.8, 4) is 0 Å². The summed E-state index contributed by atoms with van der Waals surface area (Å²) in [6, 6.07) is 0. The highest BCUT2D eigenvalue weighted by Gasteiger charge is 2.33. The maximum atomic E-state index is 5.28. The lowest BCUT2D eigenvalue weighted by atomic mass is 9.83. The smallest absolute Gasteiger partial charge is 0.191 e. The highest BCUT2D eigenvalue weighted by molar-refractivity contribution is 14.0. The highest BCUT2D eigenvalue weighted by Crippen LogP contribution is 2.41. The van der Waals surface area contributed by atoms with Crippen LogP contribution in [0.15, 0.2) is 4.99 Å². The second-order valence-corrected chi connectivity index (χ2v) is 6.42. The van der Waals surface area contributed by atoms with Gasteiger partial charge in [0.15, 0.2) is 5.96 Å². The molecule has 21 heavy (non-hydrogen) atoms. The Morgan fingerprint density at radius 2 is 1.90 bits per heavy atom. The zero-order chi connectivity index (χ0) is 14.8. The second-order valence-electron chi connectivity index (χ2n) is 6.42. The first kappa shape index (κ1) is 21.0. The summed E-state index contributed by atoms with van der Waals surface area (Å²) in [4.78, 5) is 4.83. The molecule has 0 aromatic carbocycles. The summed E-state index contributed by atoms with van der Waals surface area (Å²) in [6.45, 7) is 10.2. The molecule has 0 saturated heterocycles. The van der Waals surface area contributed by atoms with Crippen LogP contribution in [0.2, 0.25) is 0 Å². The molecule has 0 bridgehead atoms. The molecule has 0 radical (unpaired) electrons. The van der Waals surface area contributed by atoms with Gasteiger partial charge in [-0.05, 0) is 37.5 Å². The first-order chi connectivity index (χ1) is 9.62. The number of guanidine groups is 1. The number of nitrogens with one attached hydrogen (secondary N) is 2. The Morgan fingerprint density at radius 3 is 2.43 bits per heavy atom. The van der Waals surface area contributed by atoms with Crippen LogP contribution in [0.3, 0.4) is 0 Å². The number of methoxy groups -OCH3 is 1. The average Bonchev–Trinajstić information content (AvgIpc) is 2.89. The summed E-state index contributed by atoms with van der Waals surface area (Å²) < 4.78 is 5.28. The number of halogens is 1. The number of aliphatic imine (C=N–C) groups is 1. The van der Waals surface area contributed by atoms with Gasteiger partial charge in [-0.25, -0.2) is 0 Å². The molecule has 0 spiro atoms. The Balaban J connectivity index is 0.00000400. The molecule has 126 valence electrons. The van der Waals surface area contributed by atoms with Gasteiger partial charge in [-0.3, -0.25) is 4.99 Å². The summed E-state index contributed by atoms with van der Waals surface area (Å²) in [7, 11) is 1.79. The first-order valence-corrected chi connectivity index (χ1v) is 8.13. The summed E-state index contributed by atoms with van der Waals surface area (Å²) >= 11 is 0. The fourth-order valence-corrected chi connectivity index (χ4v) is 2.82. The quantitative estimate of drug-likeness (QED) is 0.366. The van der Waals surface area contributed by atoms with E-state index in [-0.39, 0.29) is 24.0 Å². The van der Waals surface area contributed by atoms with Gasteiger partial charge in [-0.15, -0.1) is 24.0 Å². The lowest BCUT2D eigenvalue weighted by Crippen LogP contribution is -2.40. The maximum absolute atomic E-state index is 5.28. The van der Waals surface area contributed by atoms with Gasteiger partial charge in [-0.2, -0.15) is 0 Å². The third-order valence-electron chi connectivity index (χ3n) is 4.10. The summed E-state index contributed by atoms with van der Waals surface area (Å²) in [5, 5.41) is 6.77. The van der Waals surface area contributed by atoms with Crippen molar-refractivity contribution < 1.29 is 4.74 Å². The van der Waals surface area contributed by atoms with E-state index in [0.29, 0.717) is 11.3 Å². The average molecular weight is 411 g/mol. The van der Waals surface area contributed by atoms with Gasteiger partial charge in [0.05, 0.1) is 0 Å². The molecule has 1 saturated carbocycles. The van der Waals surface area contributed by atoms with E-state index in [1.54, 1.807) is 7.11 Å². The topological polar surface area (TPSA) is 45.7 Å². The number of nitrogens with zero attached hydrogens (tertiary/aromatic N) is 1. The van der Waals surface area contributed by atoms with Gasteiger partial charge in [0.2, 0.25) is 0 Å². The third-order valence-corrected chi connectivity index (χ3v) is 4.10. The normalized spacial score (nSPS) is 17.7. The van der Waals surface area contributed by atoms with Gasteiger partial charge in [0, 0.05) is 33.4 Å². The van der Waals surface area contributed by atoms with Crippen LogP contribution in [-0.2, 0) is 4.74 Å². The molecule has 0 aromatic rings. The van der Waals surface area contributed by atoms with Crippen LogP contribution < -0.4 is 10.6 Å². The lowest BCUT2D eigenvalue weighted by Gasteiger charge is -2.27.